The second-order valence-corrected chi connectivity index (χ2v) is 6.43. The van der Waals surface area contributed by atoms with E-state index in [1.54, 1.807) is 6.07 Å². The van der Waals surface area contributed by atoms with Gasteiger partial charge in [0.1, 0.15) is 5.75 Å². The van der Waals surface area contributed by atoms with E-state index in [2.05, 4.69) is 13.8 Å². The first-order valence-corrected chi connectivity index (χ1v) is 7.61. The average molecular weight is 302 g/mol. The molecule has 0 spiro atoms. The number of halogens is 2. The van der Waals surface area contributed by atoms with E-state index in [-0.39, 0.29) is 6.10 Å². The minimum atomic E-state index is 0.232. The van der Waals surface area contributed by atoms with E-state index in [4.69, 9.17) is 33.7 Å². The Labute approximate surface area is 125 Å². The maximum atomic E-state index is 6.23. The third-order valence-electron chi connectivity index (χ3n) is 4.14. The SMILES string of the molecule is CC1CCC(Oc2c(Cl)cc(Cl)cc2CN)CC1C. The van der Waals surface area contributed by atoms with Crippen molar-refractivity contribution in [3.05, 3.63) is 27.7 Å². The van der Waals surface area contributed by atoms with Gasteiger partial charge in [-0.05, 0) is 43.2 Å². The minimum absolute atomic E-state index is 0.232. The molecule has 1 aliphatic rings. The van der Waals surface area contributed by atoms with Crippen molar-refractivity contribution < 1.29 is 4.74 Å². The topological polar surface area (TPSA) is 35.2 Å². The second-order valence-electron chi connectivity index (χ2n) is 5.59. The highest BCUT2D eigenvalue weighted by Crippen LogP contribution is 2.37. The molecule has 1 aliphatic carbocycles. The molecular weight excluding hydrogens is 281 g/mol. The van der Waals surface area contributed by atoms with Gasteiger partial charge >= 0.3 is 0 Å². The van der Waals surface area contributed by atoms with Gasteiger partial charge < -0.3 is 10.5 Å². The average Bonchev–Trinajstić information content (AvgIpc) is 2.36. The summed E-state index contributed by atoms with van der Waals surface area (Å²) in [6, 6.07) is 3.55. The van der Waals surface area contributed by atoms with Gasteiger partial charge in [0.25, 0.3) is 0 Å². The summed E-state index contributed by atoms with van der Waals surface area (Å²) < 4.78 is 6.11. The maximum Gasteiger partial charge on any atom is 0.142 e. The number of nitrogens with two attached hydrogens (primary N) is 1. The third-order valence-corrected chi connectivity index (χ3v) is 4.64. The monoisotopic (exact) mass is 301 g/mol. The Hall–Kier alpha value is -0.440. The maximum absolute atomic E-state index is 6.23. The van der Waals surface area contributed by atoms with Gasteiger partial charge in [-0.15, -0.1) is 0 Å². The van der Waals surface area contributed by atoms with Gasteiger partial charge in [0, 0.05) is 17.1 Å². The quantitative estimate of drug-likeness (QED) is 0.881. The molecule has 1 aromatic rings. The first kappa shape index (κ1) is 15.0. The Morgan fingerprint density at radius 2 is 1.95 bits per heavy atom. The van der Waals surface area contributed by atoms with Gasteiger partial charge in [0.15, 0.2) is 0 Å². The highest BCUT2D eigenvalue weighted by Gasteiger charge is 2.26. The number of ether oxygens (including phenoxy) is 1. The highest BCUT2D eigenvalue weighted by atomic mass is 35.5. The van der Waals surface area contributed by atoms with Crippen LogP contribution >= 0.6 is 23.2 Å². The molecule has 4 heteroatoms. The van der Waals surface area contributed by atoms with E-state index < -0.39 is 0 Å². The summed E-state index contributed by atoms with van der Waals surface area (Å²) in [6.45, 7) is 4.98. The first-order chi connectivity index (χ1) is 9.01. The van der Waals surface area contributed by atoms with Gasteiger partial charge in [-0.25, -0.2) is 0 Å². The molecule has 0 amide bonds. The van der Waals surface area contributed by atoms with Crippen LogP contribution < -0.4 is 10.5 Å². The summed E-state index contributed by atoms with van der Waals surface area (Å²) in [4.78, 5) is 0. The molecule has 0 aliphatic heterocycles. The summed E-state index contributed by atoms with van der Waals surface area (Å²) in [6.07, 6.45) is 3.59. The lowest BCUT2D eigenvalue weighted by Gasteiger charge is -2.33. The molecular formula is C15H21Cl2NO. The summed E-state index contributed by atoms with van der Waals surface area (Å²) in [5.74, 6) is 2.17. The molecule has 0 bridgehead atoms. The molecule has 19 heavy (non-hydrogen) atoms. The normalized spacial score (nSPS) is 27.3. The molecule has 0 heterocycles. The molecule has 0 saturated heterocycles. The van der Waals surface area contributed by atoms with Crippen LogP contribution in [0.4, 0.5) is 0 Å². The number of benzene rings is 1. The van der Waals surface area contributed by atoms with Crippen molar-refractivity contribution in [2.24, 2.45) is 17.6 Å². The summed E-state index contributed by atoms with van der Waals surface area (Å²) >= 11 is 12.2. The van der Waals surface area contributed by atoms with E-state index in [0.717, 1.165) is 24.3 Å². The van der Waals surface area contributed by atoms with E-state index in [1.165, 1.54) is 6.42 Å². The first-order valence-electron chi connectivity index (χ1n) is 6.86. The van der Waals surface area contributed by atoms with Gasteiger partial charge in [0.05, 0.1) is 11.1 Å². The largest absolute Gasteiger partial charge is 0.489 e. The van der Waals surface area contributed by atoms with Crippen LogP contribution in [0.2, 0.25) is 10.0 Å². The lowest BCUT2D eigenvalue weighted by atomic mass is 9.80. The van der Waals surface area contributed by atoms with Crippen LogP contribution in [0.15, 0.2) is 12.1 Å². The van der Waals surface area contributed by atoms with Crippen molar-refractivity contribution >= 4 is 23.2 Å². The van der Waals surface area contributed by atoms with Crippen LogP contribution in [0, 0.1) is 11.8 Å². The Morgan fingerprint density at radius 3 is 2.58 bits per heavy atom. The van der Waals surface area contributed by atoms with Crippen LogP contribution in [0.25, 0.3) is 0 Å². The van der Waals surface area contributed by atoms with Gasteiger partial charge in [-0.3, -0.25) is 0 Å². The number of hydrogen-bond donors (Lipinski definition) is 1. The van der Waals surface area contributed by atoms with E-state index >= 15 is 0 Å². The van der Waals surface area contributed by atoms with Crippen molar-refractivity contribution in [2.75, 3.05) is 0 Å². The Balaban J connectivity index is 2.15. The van der Waals surface area contributed by atoms with Crippen molar-refractivity contribution in [3.63, 3.8) is 0 Å². The number of rotatable bonds is 3. The minimum Gasteiger partial charge on any atom is -0.489 e. The van der Waals surface area contributed by atoms with Crippen LogP contribution in [0.3, 0.4) is 0 Å². The van der Waals surface area contributed by atoms with Gasteiger partial charge in [-0.1, -0.05) is 37.0 Å². The zero-order chi connectivity index (χ0) is 14.0. The van der Waals surface area contributed by atoms with Crippen LogP contribution in [0.1, 0.15) is 38.7 Å². The lowest BCUT2D eigenvalue weighted by Crippen LogP contribution is -2.29. The van der Waals surface area contributed by atoms with E-state index in [1.807, 2.05) is 6.07 Å². The molecule has 1 fully saturated rings. The predicted molar refractivity (Wildman–Crippen MR) is 80.9 cm³/mol. The smallest absolute Gasteiger partial charge is 0.142 e. The highest BCUT2D eigenvalue weighted by molar-refractivity contribution is 6.35. The van der Waals surface area contributed by atoms with Crippen molar-refractivity contribution in [1.82, 2.24) is 0 Å². The van der Waals surface area contributed by atoms with E-state index in [9.17, 15) is 0 Å². The van der Waals surface area contributed by atoms with Crippen molar-refractivity contribution in [1.29, 1.82) is 0 Å². The molecule has 2 rings (SSSR count). The Bertz CT molecular complexity index is 450. The molecule has 3 atom stereocenters. The van der Waals surface area contributed by atoms with Crippen LogP contribution in [-0.4, -0.2) is 6.10 Å². The fourth-order valence-electron chi connectivity index (χ4n) is 2.67. The predicted octanol–water partition coefficient (Wildman–Crippen LogP) is 4.66. The summed E-state index contributed by atoms with van der Waals surface area (Å²) in [5, 5.41) is 1.16. The molecule has 0 aromatic heterocycles. The van der Waals surface area contributed by atoms with E-state index in [0.29, 0.717) is 28.3 Å². The van der Waals surface area contributed by atoms with Crippen LogP contribution in [-0.2, 0) is 6.54 Å². The molecule has 1 saturated carbocycles. The zero-order valence-corrected chi connectivity index (χ0v) is 13.0. The lowest BCUT2D eigenvalue weighted by molar-refractivity contribution is 0.0998. The fraction of sp³-hybridized carbons (Fsp3) is 0.600. The second kappa shape index (κ2) is 6.34. The fourth-order valence-corrected chi connectivity index (χ4v) is 3.25. The molecule has 3 unspecified atom stereocenters. The van der Waals surface area contributed by atoms with Gasteiger partial charge in [0.2, 0.25) is 0 Å². The van der Waals surface area contributed by atoms with Crippen molar-refractivity contribution in [2.45, 2.75) is 45.8 Å². The van der Waals surface area contributed by atoms with Gasteiger partial charge in [-0.2, -0.15) is 0 Å². The molecule has 0 radical (unpaired) electrons. The standard InChI is InChI=1S/C15H21Cl2NO/c1-9-3-4-13(5-10(9)2)19-15-11(8-18)6-12(16)7-14(15)17/h6-7,9-10,13H,3-5,8,18H2,1-2H3. The van der Waals surface area contributed by atoms with Crippen molar-refractivity contribution in [3.8, 4) is 5.75 Å². The molecule has 2 nitrogen and oxygen atoms in total. The third kappa shape index (κ3) is 3.56. The number of hydrogen-bond acceptors (Lipinski definition) is 2. The summed E-state index contributed by atoms with van der Waals surface area (Å²) in [5.41, 5.74) is 6.62. The van der Waals surface area contributed by atoms with Crippen LogP contribution in [0.5, 0.6) is 5.75 Å². The molecule has 1 aromatic carbocycles. The molecule has 2 N–H and O–H groups in total. The zero-order valence-electron chi connectivity index (χ0n) is 11.5. The molecule has 106 valence electrons. The Morgan fingerprint density at radius 1 is 1.21 bits per heavy atom. The summed E-state index contributed by atoms with van der Waals surface area (Å²) in [7, 11) is 0. The Kier molecular flexibility index (Phi) is 4.99.